The van der Waals surface area contributed by atoms with Gasteiger partial charge in [-0.3, -0.25) is 4.79 Å². The first-order valence-corrected chi connectivity index (χ1v) is 11.6. The summed E-state index contributed by atoms with van der Waals surface area (Å²) in [5, 5.41) is 5.89. The fourth-order valence-corrected chi connectivity index (χ4v) is 5.36. The number of hydrogen-bond donors (Lipinski definition) is 2. The molecule has 2 fully saturated rings. The first-order valence-electron chi connectivity index (χ1n) is 9.74. The van der Waals surface area contributed by atoms with Gasteiger partial charge in [0.1, 0.15) is 0 Å². The van der Waals surface area contributed by atoms with E-state index in [-0.39, 0.29) is 15.9 Å². The second kappa shape index (κ2) is 9.30. The Morgan fingerprint density at radius 1 is 1.11 bits per heavy atom. The van der Waals surface area contributed by atoms with E-state index in [0.717, 1.165) is 25.9 Å². The number of carbonyl (C=O) groups is 1. The molecule has 7 nitrogen and oxygen atoms in total. The molecule has 3 rings (SSSR count). The fraction of sp³-hybridized carbons (Fsp3) is 0.579. The molecule has 1 aliphatic carbocycles. The maximum Gasteiger partial charge on any atom is 0.243 e. The van der Waals surface area contributed by atoms with E-state index in [2.05, 4.69) is 15.5 Å². The zero-order valence-electron chi connectivity index (χ0n) is 16.2. The van der Waals surface area contributed by atoms with Gasteiger partial charge < -0.3 is 15.5 Å². The van der Waals surface area contributed by atoms with Gasteiger partial charge in [0.25, 0.3) is 0 Å². The predicted octanol–water partition coefficient (Wildman–Crippen LogP) is 2.02. The van der Waals surface area contributed by atoms with Crippen LogP contribution in [0.25, 0.3) is 0 Å². The van der Waals surface area contributed by atoms with Crippen molar-refractivity contribution in [3.8, 4) is 0 Å². The summed E-state index contributed by atoms with van der Waals surface area (Å²) in [6.45, 7) is 2.45. The lowest BCUT2D eigenvalue weighted by Gasteiger charge is -2.31. The largest absolute Gasteiger partial charge is 0.332 e. The highest BCUT2D eigenvalue weighted by Gasteiger charge is 2.27. The van der Waals surface area contributed by atoms with Gasteiger partial charge in [-0.25, -0.2) is 8.42 Å². The van der Waals surface area contributed by atoms with Gasteiger partial charge in [0, 0.05) is 38.3 Å². The monoisotopic (exact) mass is 424 g/mol. The number of thiocarbonyl (C=S) groups is 1. The van der Waals surface area contributed by atoms with Crippen molar-refractivity contribution < 1.29 is 13.2 Å². The van der Waals surface area contributed by atoms with Gasteiger partial charge in [-0.2, -0.15) is 4.31 Å². The van der Waals surface area contributed by atoms with Crippen LogP contribution in [0, 0.1) is 5.92 Å². The normalized spacial score (nSPS) is 19.5. The summed E-state index contributed by atoms with van der Waals surface area (Å²) < 4.78 is 27.0. The number of nitrogens with zero attached hydrogens (tertiary/aromatic N) is 2. The minimum atomic E-state index is -3.49. The molecule has 9 heteroatoms. The Labute approximate surface area is 172 Å². The average molecular weight is 425 g/mol. The molecule has 0 aromatic heterocycles. The summed E-state index contributed by atoms with van der Waals surface area (Å²) in [4.78, 5) is 14.4. The van der Waals surface area contributed by atoms with Gasteiger partial charge in [0.05, 0.1) is 4.90 Å². The third kappa shape index (κ3) is 5.50. The van der Waals surface area contributed by atoms with Crippen LogP contribution in [0.1, 0.15) is 32.1 Å². The van der Waals surface area contributed by atoms with Crippen LogP contribution in [-0.4, -0.2) is 61.9 Å². The predicted molar refractivity (Wildman–Crippen MR) is 114 cm³/mol. The molecular weight excluding hydrogens is 396 g/mol. The molecule has 1 saturated carbocycles. The van der Waals surface area contributed by atoms with E-state index < -0.39 is 10.0 Å². The summed E-state index contributed by atoms with van der Waals surface area (Å²) in [7, 11) is -1.50. The average Bonchev–Trinajstić information content (AvgIpc) is 3.15. The van der Waals surface area contributed by atoms with Crippen LogP contribution in [0.3, 0.4) is 0 Å². The molecule has 2 aliphatic rings. The first kappa shape index (κ1) is 21.2. The smallest absolute Gasteiger partial charge is 0.243 e. The van der Waals surface area contributed by atoms with Gasteiger partial charge in [-0.05, 0) is 62.3 Å². The number of piperazine rings is 1. The van der Waals surface area contributed by atoms with Crippen molar-refractivity contribution in [1.29, 1.82) is 0 Å². The fourth-order valence-electron chi connectivity index (χ4n) is 3.70. The molecule has 1 aromatic carbocycles. The zero-order valence-corrected chi connectivity index (χ0v) is 17.8. The molecule has 0 radical (unpaired) electrons. The third-order valence-electron chi connectivity index (χ3n) is 5.41. The lowest BCUT2D eigenvalue weighted by Crippen LogP contribution is -2.46. The quantitative estimate of drug-likeness (QED) is 0.704. The Bertz CT molecular complexity index is 797. The molecule has 1 heterocycles. The van der Waals surface area contributed by atoms with Crippen LogP contribution in [0.2, 0.25) is 0 Å². The summed E-state index contributed by atoms with van der Waals surface area (Å²) >= 11 is 5.20. The van der Waals surface area contributed by atoms with E-state index in [4.69, 9.17) is 12.2 Å². The van der Waals surface area contributed by atoms with Crippen LogP contribution in [0.5, 0.6) is 0 Å². The van der Waals surface area contributed by atoms with E-state index in [1.165, 1.54) is 17.1 Å². The highest BCUT2D eigenvalue weighted by molar-refractivity contribution is 7.89. The highest BCUT2D eigenvalue weighted by atomic mass is 32.2. The van der Waals surface area contributed by atoms with E-state index in [9.17, 15) is 13.2 Å². The summed E-state index contributed by atoms with van der Waals surface area (Å²) in [6.07, 6.45) is 5.12. The molecule has 1 saturated heterocycles. The molecule has 154 valence electrons. The minimum absolute atomic E-state index is 0.0707. The first-order chi connectivity index (χ1) is 13.3. The molecule has 1 aromatic rings. The SMILES string of the molecule is CN1CCN(S(=O)(=O)c2ccc(NC(=S)NC(=O)CC3CCCC3)cc2)CC1. The molecule has 1 amide bonds. The van der Waals surface area contributed by atoms with Crippen LogP contribution < -0.4 is 10.6 Å². The van der Waals surface area contributed by atoms with Crippen molar-refractivity contribution in [3.63, 3.8) is 0 Å². The lowest BCUT2D eigenvalue weighted by molar-refractivity contribution is -0.120. The van der Waals surface area contributed by atoms with E-state index >= 15 is 0 Å². The third-order valence-corrected chi connectivity index (χ3v) is 7.53. The van der Waals surface area contributed by atoms with Crippen LogP contribution in [0.4, 0.5) is 5.69 Å². The number of carbonyl (C=O) groups excluding carboxylic acids is 1. The molecule has 0 atom stereocenters. The highest BCUT2D eigenvalue weighted by Crippen LogP contribution is 2.27. The van der Waals surface area contributed by atoms with Crippen molar-refractivity contribution in [2.24, 2.45) is 5.92 Å². The summed E-state index contributed by atoms with van der Waals surface area (Å²) in [5.74, 6) is 0.389. The number of anilines is 1. The molecule has 2 N–H and O–H groups in total. The van der Waals surface area contributed by atoms with Gasteiger partial charge in [-0.15, -0.1) is 0 Å². The van der Waals surface area contributed by atoms with E-state index in [0.29, 0.717) is 31.1 Å². The second-order valence-electron chi connectivity index (χ2n) is 7.59. The zero-order chi connectivity index (χ0) is 20.1. The van der Waals surface area contributed by atoms with Crippen LogP contribution >= 0.6 is 12.2 Å². The summed E-state index contributed by atoms with van der Waals surface area (Å²) in [6, 6.07) is 6.47. The Morgan fingerprint density at radius 2 is 1.71 bits per heavy atom. The molecule has 1 aliphatic heterocycles. The van der Waals surface area contributed by atoms with Gasteiger partial charge in [-0.1, -0.05) is 12.8 Å². The van der Waals surface area contributed by atoms with Gasteiger partial charge in [0.15, 0.2) is 5.11 Å². The molecule has 0 unspecified atom stereocenters. The second-order valence-corrected chi connectivity index (χ2v) is 9.93. The number of nitrogens with one attached hydrogen (secondary N) is 2. The van der Waals surface area contributed by atoms with Crippen LogP contribution in [0.15, 0.2) is 29.2 Å². The molecule has 28 heavy (non-hydrogen) atoms. The van der Waals surface area contributed by atoms with Crippen molar-refractivity contribution >= 4 is 38.9 Å². The van der Waals surface area contributed by atoms with E-state index in [1.807, 2.05) is 7.05 Å². The lowest BCUT2D eigenvalue weighted by atomic mass is 10.0. The van der Waals surface area contributed by atoms with Crippen molar-refractivity contribution in [2.45, 2.75) is 37.0 Å². The van der Waals surface area contributed by atoms with Gasteiger partial charge >= 0.3 is 0 Å². The Balaban J connectivity index is 1.53. The Morgan fingerprint density at radius 3 is 2.32 bits per heavy atom. The maximum atomic E-state index is 12.7. The Kier molecular flexibility index (Phi) is 7.03. The number of rotatable bonds is 5. The minimum Gasteiger partial charge on any atom is -0.332 e. The van der Waals surface area contributed by atoms with Crippen molar-refractivity contribution in [3.05, 3.63) is 24.3 Å². The van der Waals surface area contributed by atoms with Crippen LogP contribution in [-0.2, 0) is 14.8 Å². The number of likely N-dealkylation sites (N-methyl/N-ethyl adjacent to an activating group) is 1. The number of hydrogen-bond acceptors (Lipinski definition) is 5. The molecule has 0 spiro atoms. The van der Waals surface area contributed by atoms with Crippen molar-refractivity contribution in [2.75, 3.05) is 38.5 Å². The number of sulfonamides is 1. The Hall–Kier alpha value is -1.55. The summed E-state index contributed by atoms with van der Waals surface area (Å²) in [5.41, 5.74) is 0.642. The standard InChI is InChI=1S/C19H28N4O3S2/c1-22-10-12-23(13-11-22)28(25,26)17-8-6-16(7-9-17)20-19(27)21-18(24)14-15-4-2-3-5-15/h6-9,15H,2-5,10-14H2,1H3,(H2,20,21,24,27). The van der Waals surface area contributed by atoms with E-state index in [1.54, 1.807) is 24.3 Å². The maximum absolute atomic E-state index is 12.7. The molecular formula is C19H28N4O3S2. The topological polar surface area (TPSA) is 81.8 Å². The van der Waals surface area contributed by atoms with Gasteiger partial charge in [0.2, 0.25) is 15.9 Å². The number of benzene rings is 1. The van der Waals surface area contributed by atoms with Crippen molar-refractivity contribution in [1.82, 2.24) is 14.5 Å². The number of amides is 1. The molecule has 0 bridgehead atoms.